The minimum atomic E-state index is -1.18. The van der Waals surface area contributed by atoms with E-state index in [2.05, 4.69) is 15.6 Å². The number of imide groups is 1. The quantitative estimate of drug-likeness (QED) is 0.724. The highest BCUT2D eigenvalue weighted by molar-refractivity contribution is 5.99. The molecule has 1 aromatic heterocycles. The van der Waals surface area contributed by atoms with Gasteiger partial charge in [-0.15, -0.1) is 0 Å². The highest BCUT2D eigenvalue weighted by Gasteiger charge is 2.23. The molecule has 0 fully saturated rings. The number of aryl methyl sites for hydroxylation is 1. The zero-order valence-electron chi connectivity index (χ0n) is 18.3. The van der Waals surface area contributed by atoms with E-state index in [9.17, 15) is 19.2 Å². The first-order chi connectivity index (χ1) is 14.5. The van der Waals surface area contributed by atoms with Gasteiger partial charge in [0, 0.05) is 18.5 Å². The van der Waals surface area contributed by atoms with Crippen molar-refractivity contribution < 1.29 is 19.1 Å². The summed E-state index contributed by atoms with van der Waals surface area (Å²) in [6.45, 7) is 7.36. The molecule has 1 aliphatic heterocycles. The van der Waals surface area contributed by atoms with E-state index in [1.54, 1.807) is 31.4 Å². The minimum absolute atomic E-state index is 0.112. The number of ether oxygens (including phenoxy) is 1. The summed E-state index contributed by atoms with van der Waals surface area (Å²) in [6.07, 6.45) is 2.49. The fourth-order valence-corrected chi connectivity index (χ4v) is 3.41. The number of hydrogen-bond donors (Lipinski definition) is 2. The molecule has 0 bridgehead atoms. The maximum absolute atomic E-state index is 12.8. The number of rotatable bonds is 3. The Morgan fingerprint density at radius 2 is 1.90 bits per heavy atom. The molecule has 2 heterocycles. The van der Waals surface area contributed by atoms with E-state index >= 15 is 0 Å². The smallest absolute Gasteiger partial charge is 0.338 e. The number of aromatic nitrogens is 2. The molecule has 0 saturated carbocycles. The number of fused-ring (bicyclic) bond motifs is 2. The standard InChI is InChI=1S/C22H28N4O5/c1-13(18(27)24-21(30)25-22(2,3)4)31-20(29)14-9-10-15-16(12-14)23-17-8-6-5-7-11-26(17)19(15)28/h9-10,12-13H,5-8,11H2,1-4H3,(H2,24,25,27,30). The summed E-state index contributed by atoms with van der Waals surface area (Å²) < 4.78 is 6.91. The molecule has 3 amide bonds. The Labute approximate surface area is 180 Å². The van der Waals surface area contributed by atoms with Crippen LogP contribution in [-0.4, -0.2) is 39.1 Å². The van der Waals surface area contributed by atoms with Crippen molar-refractivity contribution >= 4 is 28.8 Å². The molecule has 31 heavy (non-hydrogen) atoms. The van der Waals surface area contributed by atoms with Gasteiger partial charge in [0.15, 0.2) is 6.10 Å². The summed E-state index contributed by atoms with van der Waals surface area (Å²) in [4.78, 5) is 53.9. The van der Waals surface area contributed by atoms with E-state index in [1.807, 2.05) is 0 Å². The topological polar surface area (TPSA) is 119 Å². The molecule has 0 radical (unpaired) electrons. The lowest BCUT2D eigenvalue weighted by Gasteiger charge is -2.21. The lowest BCUT2D eigenvalue weighted by atomic mass is 10.1. The van der Waals surface area contributed by atoms with E-state index in [4.69, 9.17) is 4.74 Å². The van der Waals surface area contributed by atoms with Crippen LogP contribution in [-0.2, 0) is 22.5 Å². The number of esters is 1. The summed E-state index contributed by atoms with van der Waals surface area (Å²) in [5.41, 5.74) is -0.0234. The van der Waals surface area contributed by atoms with Gasteiger partial charge in [0.2, 0.25) is 0 Å². The molecule has 2 N–H and O–H groups in total. The van der Waals surface area contributed by atoms with Gasteiger partial charge in [0.25, 0.3) is 11.5 Å². The third-order valence-corrected chi connectivity index (χ3v) is 4.93. The Kier molecular flexibility index (Phi) is 6.42. The SMILES string of the molecule is CC(OC(=O)c1ccc2c(=O)n3c(nc2c1)CCCCC3)C(=O)NC(=O)NC(C)(C)C. The van der Waals surface area contributed by atoms with E-state index in [0.29, 0.717) is 23.9 Å². The number of urea groups is 1. The monoisotopic (exact) mass is 428 g/mol. The minimum Gasteiger partial charge on any atom is -0.449 e. The second-order valence-electron chi connectivity index (χ2n) is 8.77. The Morgan fingerprint density at radius 1 is 1.16 bits per heavy atom. The van der Waals surface area contributed by atoms with Gasteiger partial charge in [-0.05, 0) is 58.7 Å². The molecule has 1 atom stereocenters. The fraction of sp³-hybridized carbons (Fsp3) is 0.500. The second-order valence-corrected chi connectivity index (χ2v) is 8.77. The van der Waals surface area contributed by atoms with Crippen molar-refractivity contribution in [3.05, 3.63) is 39.9 Å². The molecule has 1 unspecified atom stereocenters. The maximum atomic E-state index is 12.8. The summed E-state index contributed by atoms with van der Waals surface area (Å²) in [7, 11) is 0. The van der Waals surface area contributed by atoms with Crippen molar-refractivity contribution in [3.63, 3.8) is 0 Å². The first kappa shape index (κ1) is 22.5. The normalized spacial score (nSPS) is 14.8. The van der Waals surface area contributed by atoms with Crippen LogP contribution in [0.4, 0.5) is 4.79 Å². The van der Waals surface area contributed by atoms with E-state index in [0.717, 1.165) is 25.1 Å². The summed E-state index contributed by atoms with van der Waals surface area (Å²) >= 11 is 0. The van der Waals surface area contributed by atoms with Crippen LogP contribution in [0.1, 0.15) is 63.1 Å². The van der Waals surface area contributed by atoms with E-state index < -0.39 is 29.6 Å². The van der Waals surface area contributed by atoms with Crippen molar-refractivity contribution in [2.24, 2.45) is 0 Å². The van der Waals surface area contributed by atoms with Gasteiger partial charge >= 0.3 is 12.0 Å². The Bertz CT molecular complexity index is 1080. The highest BCUT2D eigenvalue weighted by atomic mass is 16.5. The molecule has 166 valence electrons. The van der Waals surface area contributed by atoms with Crippen LogP contribution in [0.5, 0.6) is 0 Å². The Hall–Kier alpha value is -3.23. The van der Waals surface area contributed by atoms with Crippen molar-refractivity contribution in [2.45, 2.75) is 71.6 Å². The molecule has 9 nitrogen and oxygen atoms in total. The lowest BCUT2D eigenvalue weighted by molar-refractivity contribution is -0.127. The van der Waals surface area contributed by atoms with Crippen LogP contribution in [0.15, 0.2) is 23.0 Å². The zero-order chi connectivity index (χ0) is 22.8. The maximum Gasteiger partial charge on any atom is 0.338 e. The van der Waals surface area contributed by atoms with Crippen LogP contribution in [0.3, 0.4) is 0 Å². The predicted molar refractivity (Wildman–Crippen MR) is 115 cm³/mol. The molecule has 1 aliphatic rings. The van der Waals surface area contributed by atoms with Crippen molar-refractivity contribution in [1.29, 1.82) is 0 Å². The number of hydrogen-bond acceptors (Lipinski definition) is 6. The summed E-state index contributed by atoms with van der Waals surface area (Å²) in [6, 6.07) is 3.87. The van der Waals surface area contributed by atoms with Crippen LogP contribution in [0, 0.1) is 0 Å². The summed E-state index contributed by atoms with van der Waals surface area (Å²) in [5, 5.41) is 5.18. The molecule has 0 spiro atoms. The van der Waals surface area contributed by atoms with E-state index in [-0.39, 0.29) is 11.1 Å². The van der Waals surface area contributed by atoms with Gasteiger partial charge in [0.05, 0.1) is 16.5 Å². The third kappa shape index (κ3) is 5.48. The van der Waals surface area contributed by atoms with Crippen LogP contribution in [0.25, 0.3) is 10.9 Å². The van der Waals surface area contributed by atoms with Crippen molar-refractivity contribution in [2.75, 3.05) is 0 Å². The predicted octanol–water partition coefficient (Wildman–Crippen LogP) is 2.29. The zero-order valence-corrected chi connectivity index (χ0v) is 18.3. The number of carbonyl (C=O) groups is 3. The molecular weight excluding hydrogens is 400 g/mol. The molecular formula is C22H28N4O5. The molecule has 2 aromatic rings. The van der Waals surface area contributed by atoms with Gasteiger partial charge in [-0.2, -0.15) is 0 Å². The van der Waals surface area contributed by atoms with Gasteiger partial charge in [-0.3, -0.25) is 19.5 Å². The number of nitrogens with zero attached hydrogens (tertiary/aromatic N) is 2. The van der Waals surface area contributed by atoms with Gasteiger partial charge < -0.3 is 10.1 Å². The highest BCUT2D eigenvalue weighted by Crippen LogP contribution is 2.17. The summed E-state index contributed by atoms with van der Waals surface area (Å²) in [5.74, 6) is -0.756. The van der Waals surface area contributed by atoms with Crippen molar-refractivity contribution in [3.8, 4) is 0 Å². The van der Waals surface area contributed by atoms with Gasteiger partial charge in [-0.1, -0.05) is 6.42 Å². The third-order valence-electron chi connectivity index (χ3n) is 4.93. The average Bonchev–Trinajstić information content (AvgIpc) is 2.91. The first-order valence-electron chi connectivity index (χ1n) is 10.4. The Balaban J connectivity index is 1.74. The molecule has 0 aliphatic carbocycles. The second kappa shape index (κ2) is 8.87. The average molecular weight is 428 g/mol. The molecule has 1 aromatic carbocycles. The largest absolute Gasteiger partial charge is 0.449 e. The van der Waals surface area contributed by atoms with Crippen LogP contribution < -0.4 is 16.2 Å². The molecule has 9 heteroatoms. The van der Waals surface area contributed by atoms with Crippen LogP contribution >= 0.6 is 0 Å². The van der Waals surface area contributed by atoms with Crippen molar-refractivity contribution in [1.82, 2.24) is 20.2 Å². The van der Waals surface area contributed by atoms with E-state index in [1.165, 1.54) is 19.1 Å². The lowest BCUT2D eigenvalue weighted by Crippen LogP contribution is -2.50. The first-order valence-corrected chi connectivity index (χ1v) is 10.4. The fourth-order valence-electron chi connectivity index (χ4n) is 3.41. The number of amides is 3. The molecule has 3 rings (SSSR count). The van der Waals surface area contributed by atoms with Gasteiger partial charge in [0.1, 0.15) is 5.82 Å². The van der Waals surface area contributed by atoms with Gasteiger partial charge in [-0.25, -0.2) is 14.6 Å². The molecule has 0 saturated heterocycles. The van der Waals surface area contributed by atoms with Crippen LogP contribution in [0.2, 0.25) is 0 Å². The number of carbonyl (C=O) groups excluding carboxylic acids is 3. The Morgan fingerprint density at radius 3 is 2.61 bits per heavy atom. The number of benzene rings is 1. The number of nitrogens with one attached hydrogen (secondary N) is 2.